The third kappa shape index (κ3) is 7.10. The topological polar surface area (TPSA) is 0 Å². The Bertz CT molecular complexity index is 216. The van der Waals surface area contributed by atoms with E-state index in [9.17, 15) is 21.7 Å². The predicted molar refractivity (Wildman–Crippen MR) is 45.1 cm³/mol. The number of rotatable bonds is 2. The van der Waals surface area contributed by atoms with Crippen LogP contribution in [0.15, 0.2) is 12.1 Å². The van der Waals surface area contributed by atoms with Crippen LogP contribution in [0.3, 0.4) is 0 Å². The van der Waals surface area contributed by atoms with E-state index in [-0.39, 0.29) is 89.0 Å². The first-order chi connectivity index (χ1) is 6.29. The zero-order chi connectivity index (χ0) is 10.8. The predicted octanol–water partition coefficient (Wildman–Crippen LogP) is 0.759. The van der Waals surface area contributed by atoms with E-state index < -0.39 is 12.9 Å². The maximum absolute atomic E-state index is 12.6. The van der Waals surface area contributed by atoms with Crippen LogP contribution in [-0.4, -0.2) is 12.9 Å². The third-order valence-electron chi connectivity index (χ3n) is 2.36. The summed E-state index contributed by atoms with van der Waals surface area (Å²) in [7, 11) is 0. The average molecular weight is 252 g/mol. The molecule has 0 N–H and O–H groups in total. The van der Waals surface area contributed by atoms with Crippen molar-refractivity contribution in [1.82, 2.24) is 0 Å². The molecule has 15 heavy (non-hydrogen) atoms. The van der Waals surface area contributed by atoms with Crippen molar-refractivity contribution in [3.8, 4) is 0 Å². The number of allylic oxidation sites excluding steroid dienone is 1. The van der Waals surface area contributed by atoms with Crippen molar-refractivity contribution < 1.29 is 73.1 Å². The summed E-state index contributed by atoms with van der Waals surface area (Å²) < 4.78 is 60.6. The maximum Gasteiger partial charge on any atom is 1.00 e. The van der Waals surface area contributed by atoms with Crippen LogP contribution >= 0.6 is 0 Å². The first-order valence-corrected chi connectivity index (χ1v) is 4.56. The monoisotopic (exact) mass is 252 g/mol. The molecule has 0 aliphatic heterocycles. The van der Waals surface area contributed by atoms with Gasteiger partial charge in [0, 0.05) is 12.8 Å². The van der Waals surface area contributed by atoms with E-state index in [0.29, 0.717) is 0 Å². The minimum Gasteiger partial charge on any atom is -0.445 e. The Morgan fingerprint density at radius 3 is 1.93 bits per heavy atom. The molecule has 82 valence electrons. The van der Waals surface area contributed by atoms with Crippen LogP contribution in [0.1, 0.15) is 25.7 Å². The SMILES string of the molecule is F[B-](F)(F)/C=C/C1CCC(F)(F)CC1.[K+]. The zero-order valence-electron chi connectivity index (χ0n) is 8.53. The normalized spacial score (nSPS) is 22.7. The van der Waals surface area contributed by atoms with Gasteiger partial charge < -0.3 is 12.9 Å². The molecule has 1 rings (SSSR count). The summed E-state index contributed by atoms with van der Waals surface area (Å²) in [4.78, 5) is 0. The molecule has 1 saturated carbocycles. The second-order valence-electron chi connectivity index (χ2n) is 3.70. The summed E-state index contributed by atoms with van der Waals surface area (Å²) in [6, 6.07) is 0. The summed E-state index contributed by atoms with van der Waals surface area (Å²) in [6.45, 7) is -4.92. The molecule has 0 radical (unpaired) electrons. The summed E-state index contributed by atoms with van der Waals surface area (Å²) in [5.41, 5.74) is 0. The fourth-order valence-electron chi connectivity index (χ4n) is 1.54. The van der Waals surface area contributed by atoms with Crippen molar-refractivity contribution in [2.45, 2.75) is 31.6 Å². The number of alkyl halides is 2. The summed E-state index contributed by atoms with van der Waals surface area (Å²) in [6.07, 6.45) is 0.723. The first kappa shape index (κ1) is 16.1. The van der Waals surface area contributed by atoms with Gasteiger partial charge in [0.2, 0.25) is 5.92 Å². The van der Waals surface area contributed by atoms with Gasteiger partial charge in [-0.25, -0.2) is 8.78 Å². The molecule has 0 heterocycles. The first-order valence-electron chi connectivity index (χ1n) is 4.56. The van der Waals surface area contributed by atoms with Gasteiger partial charge in [-0.2, -0.15) is 0 Å². The van der Waals surface area contributed by atoms with Gasteiger partial charge >= 0.3 is 58.4 Å². The number of hydrogen-bond donors (Lipinski definition) is 0. The van der Waals surface area contributed by atoms with E-state index in [0.717, 1.165) is 6.08 Å². The van der Waals surface area contributed by atoms with E-state index in [1.54, 1.807) is 0 Å². The van der Waals surface area contributed by atoms with Crippen molar-refractivity contribution in [1.29, 1.82) is 0 Å². The molecule has 7 heteroatoms. The molecule has 0 nitrogen and oxygen atoms in total. The van der Waals surface area contributed by atoms with Crippen LogP contribution in [0, 0.1) is 5.92 Å². The zero-order valence-corrected chi connectivity index (χ0v) is 11.7. The molecule has 0 spiro atoms. The van der Waals surface area contributed by atoms with Gasteiger partial charge in [-0.15, -0.1) is 12.1 Å². The summed E-state index contributed by atoms with van der Waals surface area (Å²) >= 11 is 0. The Labute approximate surface area is 128 Å². The molecule has 0 bridgehead atoms. The van der Waals surface area contributed by atoms with Gasteiger partial charge in [0.25, 0.3) is 0 Å². The van der Waals surface area contributed by atoms with Crippen molar-refractivity contribution in [2.24, 2.45) is 5.92 Å². The van der Waals surface area contributed by atoms with E-state index in [2.05, 4.69) is 0 Å². The Kier molecular flexibility index (Phi) is 6.59. The second kappa shape index (κ2) is 6.14. The number of hydrogen-bond acceptors (Lipinski definition) is 0. The van der Waals surface area contributed by atoms with Gasteiger partial charge in [-0.1, -0.05) is 0 Å². The standard InChI is InChI=1S/C8H11BF5.K/c10-8(11)4-1-7(2-5-8)3-6-9(12,13)14;/h3,6-7H,1-2,4-5H2;/q-1;+1/b6-3+;. The molecule has 1 aliphatic carbocycles. The largest absolute Gasteiger partial charge is 1.00 e. The van der Waals surface area contributed by atoms with E-state index in [1.165, 1.54) is 0 Å². The molecule has 0 aromatic carbocycles. The van der Waals surface area contributed by atoms with Crippen LogP contribution in [0.5, 0.6) is 0 Å². The van der Waals surface area contributed by atoms with E-state index in [4.69, 9.17) is 0 Å². The fourth-order valence-corrected chi connectivity index (χ4v) is 1.54. The molecule has 0 atom stereocenters. The Morgan fingerprint density at radius 2 is 1.53 bits per heavy atom. The third-order valence-corrected chi connectivity index (χ3v) is 2.36. The Hall–Kier alpha value is 1.09. The van der Waals surface area contributed by atoms with Crippen LogP contribution in [0.4, 0.5) is 21.7 Å². The van der Waals surface area contributed by atoms with Crippen molar-refractivity contribution in [3.05, 3.63) is 12.1 Å². The molecular formula is C8H11BF5K. The van der Waals surface area contributed by atoms with Crippen molar-refractivity contribution in [2.75, 3.05) is 0 Å². The van der Waals surface area contributed by atoms with E-state index in [1.807, 2.05) is 0 Å². The molecule has 0 saturated heterocycles. The average Bonchev–Trinajstić information content (AvgIpc) is 2.01. The van der Waals surface area contributed by atoms with Crippen LogP contribution in [-0.2, 0) is 0 Å². The van der Waals surface area contributed by atoms with Gasteiger partial charge in [0.1, 0.15) is 0 Å². The van der Waals surface area contributed by atoms with Gasteiger partial charge in [0.05, 0.1) is 0 Å². The smallest absolute Gasteiger partial charge is 0.445 e. The molecule has 0 unspecified atom stereocenters. The van der Waals surface area contributed by atoms with Gasteiger partial charge in [-0.3, -0.25) is 0 Å². The minimum absolute atomic E-state index is 0. The van der Waals surface area contributed by atoms with Crippen LogP contribution in [0.25, 0.3) is 0 Å². The van der Waals surface area contributed by atoms with E-state index >= 15 is 0 Å². The second-order valence-corrected chi connectivity index (χ2v) is 3.70. The van der Waals surface area contributed by atoms with Crippen molar-refractivity contribution >= 4 is 6.98 Å². The van der Waals surface area contributed by atoms with Gasteiger partial charge in [-0.05, 0) is 18.8 Å². The maximum atomic E-state index is 12.6. The van der Waals surface area contributed by atoms with Crippen molar-refractivity contribution in [3.63, 3.8) is 0 Å². The summed E-state index contributed by atoms with van der Waals surface area (Å²) in [5, 5.41) is 0. The molecule has 1 aliphatic rings. The Morgan fingerprint density at radius 1 is 1.07 bits per heavy atom. The molecule has 1 fully saturated rings. The fraction of sp³-hybridized carbons (Fsp3) is 0.750. The molecular weight excluding hydrogens is 241 g/mol. The molecule has 0 amide bonds. The minimum atomic E-state index is -4.92. The quantitative estimate of drug-likeness (QED) is 0.502. The number of halogens is 5. The van der Waals surface area contributed by atoms with Crippen LogP contribution < -0.4 is 51.4 Å². The van der Waals surface area contributed by atoms with Gasteiger partial charge in [0.15, 0.2) is 0 Å². The van der Waals surface area contributed by atoms with Crippen LogP contribution in [0.2, 0.25) is 0 Å². The summed E-state index contributed by atoms with van der Waals surface area (Å²) in [5.74, 6) is -2.81. The molecule has 0 aromatic rings. The molecule has 0 aromatic heterocycles. The Balaban J connectivity index is 0.00000196.